The molecule has 0 spiro atoms. The number of methoxy groups -OCH3 is 1. The largest absolute Gasteiger partial charge is 0.489 e. The molecule has 1 aromatic rings. The molecule has 19 heavy (non-hydrogen) atoms. The molecule has 0 fully saturated rings. The van der Waals surface area contributed by atoms with E-state index in [-0.39, 0.29) is 6.10 Å². The van der Waals surface area contributed by atoms with Gasteiger partial charge in [-0.15, -0.1) is 0 Å². The van der Waals surface area contributed by atoms with Gasteiger partial charge in [-0.3, -0.25) is 0 Å². The lowest BCUT2D eigenvalue weighted by Crippen LogP contribution is -2.36. The van der Waals surface area contributed by atoms with Crippen LogP contribution < -0.4 is 10.1 Å². The van der Waals surface area contributed by atoms with Crippen molar-refractivity contribution >= 4 is 0 Å². The van der Waals surface area contributed by atoms with E-state index in [1.807, 2.05) is 24.3 Å². The van der Waals surface area contributed by atoms with Crippen LogP contribution in [0.25, 0.3) is 0 Å². The third-order valence-corrected chi connectivity index (χ3v) is 3.23. The normalized spacial score (nSPS) is 12.7. The van der Waals surface area contributed by atoms with Crippen LogP contribution in [0.2, 0.25) is 0 Å². The van der Waals surface area contributed by atoms with Gasteiger partial charge in [0.15, 0.2) is 0 Å². The maximum absolute atomic E-state index is 5.92. The van der Waals surface area contributed by atoms with Gasteiger partial charge in [-0.1, -0.05) is 26.0 Å². The Morgan fingerprint density at radius 2 is 1.95 bits per heavy atom. The molecule has 0 aromatic heterocycles. The van der Waals surface area contributed by atoms with Crippen molar-refractivity contribution in [3.8, 4) is 5.75 Å². The van der Waals surface area contributed by atoms with Gasteiger partial charge in [0.25, 0.3) is 0 Å². The van der Waals surface area contributed by atoms with Crippen molar-refractivity contribution in [1.29, 1.82) is 0 Å². The van der Waals surface area contributed by atoms with Crippen LogP contribution in [-0.2, 0) is 11.3 Å². The molecule has 1 unspecified atom stereocenters. The predicted molar refractivity (Wildman–Crippen MR) is 79.6 cm³/mol. The number of hydrogen-bond acceptors (Lipinski definition) is 3. The molecule has 0 amide bonds. The lowest BCUT2D eigenvalue weighted by Gasteiger charge is -2.20. The minimum Gasteiger partial charge on any atom is -0.489 e. The van der Waals surface area contributed by atoms with E-state index in [9.17, 15) is 0 Å². The summed E-state index contributed by atoms with van der Waals surface area (Å²) in [5.74, 6) is 0.911. The lowest BCUT2D eigenvalue weighted by atomic mass is 10.1. The van der Waals surface area contributed by atoms with Crippen molar-refractivity contribution in [2.45, 2.75) is 52.4 Å². The maximum atomic E-state index is 5.92. The SMILES string of the molecule is CCC(CC)NCC(C)Oc1cccc(COC)c1. The van der Waals surface area contributed by atoms with Crippen molar-refractivity contribution < 1.29 is 9.47 Å². The van der Waals surface area contributed by atoms with Crippen LogP contribution in [0.15, 0.2) is 24.3 Å². The Bertz CT molecular complexity index is 350. The molecule has 1 rings (SSSR count). The van der Waals surface area contributed by atoms with Crippen molar-refractivity contribution in [1.82, 2.24) is 5.32 Å². The number of benzene rings is 1. The first-order valence-electron chi connectivity index (χ1n) is 7.17. The number of ether oxygens (including phenoxy) is 2. The highest BCUT2D eigenvalue weighted by Gasteiger charge is 2.08. The van der Waals surface area contributed by atoms with Gasteiger partial charge in [-0.25, -0.2) is 0 Å². The van der Waals surface area contributed by atoms with E-state index in [1.54, 1.807) is 7.11 Å². The summed E-state index contributed by atoms with van der Waals surface area (Å²) in [5.41, 5.74) is 1.14. The third-order valence-electron chi connectivity index (χ3n) is 3.23. The summed E-state index contributed by atoms with van der Waals surface area (Å²) in [7, 11) is 1.70. The van der Waals surface area contributed by atoms with E-state index < -0.39 is 0 Å². The molecule has 0 aliphatic heterocycles. The van der Waals surface area contributed by atoms with E-state index >= 15 is 0 Å². The summed E-state index contributed by atoms with van der Waals surface area (Å²) in [4.78, 5) is 0. The Morgan fingerprint density at radius 3 is 2.58 bits per heavy atom. The molecule has 0 aliphatic carbocycles. The summed E-state index contributed by atoms with van der Waals surface area (Å²) < 4.78 is 11.1. The van der Waals surface area contributed by atoms with Gasteiger partial charge in [0, 0.05) is 19.7 Å². The van der Waals surface area contributed by atoms with Crippen molar-refractivity contribution in [2.24, 2.45) is 0 Å². The monoisotopic (exact) mass is 265 g/mol. The van der Waals surface area contributed by atoms with Crippen molar-refractivity contribution in [2.75, 3.05) is 13.7 Å². The zero-order chi connectivity index (χ0) is 14.1. The Labute approximate surface area is 117 Å². The quantitative estimate of drug-likeness (QED) is 0.742. The molecule has 1 aromatic carbocycles. The average Bonchev–Trinajstić information content (AvgIpc) is 2.40. The molecule has 108 valence electrons. The predicted octanol–water partition coefficient (Wildman–Crippen LogP) is 3.38. The van der Waals surface area contributed by atoms with Crippen LogP contribution in [0.4, 0.5) is 0 Å². The molecule has 3 nitrogen and oxygen atoms in total. The average molecular weight is 265 g/mol. The van der Waals surface area contributed by atoms with Gasteiger partial charge in [0.2, 0.25) is 0 Å². The minimum absolute atomic E-state index is 0.165. The van der Waals surface area contributed by atoms with Gasteiger partial charge < -0.3 is 14.8 Å². The van der Waals surface area contributed by atoms with Gasteiger partial charge in [0.1, 0.15) is 11.9 Å². The zero-order valence-electron chi connectivity index (χ0n) is 12.6. The second-order valence-corrected chi connectivity index (χ2v) is 4.93. The summed E-state index contributed by atoms with van der Waals surface area (Å²) in [6, 6.07) is 8.67. The van der Waals surface area contributed by atoms with Gasteiger partial charge in [0.05, 0.1) is 6.61 Å². The number of rotatable bonds is 9. The summed E-state index contributed by atoms with van der Waals surface area (Å²) >= 11 is 0. The number of nitrogens with one attached hydrogen (secondary N) is 1. The topological polar surface area (TPSA) is 30.5 Å². The molecular formula is C16H27NO2. The first-order valence-corrected chi connectivity index (χ1v) is 7.17. The van der Waals surface area contributed by atoms with Crippen molar-refractivity contribution in [3.63, 3.8) is 0 Å². The molecule has 1 N–H and O–H groups in total. The second-order valence-electron chi connectivity index (χ2n) is 4.93. The molecule has 3 heteroatoms. The highest BCUT2D eigenvalue weighted by atomic mass is 16.5. The van der Waals surface area contributed by atoms with E-state index in [4.69, 9.17) is 9.47 Å². The van der Waals surface area contributed by atoms with E-state index in [0.717, 1.165) is 30.7 Å². The lowest BCUT2D eigenvalue weighted by molar-refractivity contribution is 0.183. The van der Waals surface area contributed by atoms with E-state index in [0.29, 0.717) is 12.6 Å². The molecular weight excluding hydrogens is 238 g/mol. The van der Waals surface area contributed by atoms with Crippen LogP contribution in [0.5, 0.6) is 5.75 Å². The Kier molecular flexibility index (Phi) is 7.53. The first-order chi connectivity index (χ1) is 9.19. The Morgan fingerprint density at radius 1 is 1.21 bits per heavy atom. The molecule has 1 atom stereocenters. The zero-order valence-corrected chi connectivity index (χ0v) is 12.6. The highest BCUT2D eigenvalue weighted by Crippen LogP contribution is 2.15. The van der Waals surface area contributed by atoms with Crippen LogP contribution >= 0.6 is 0 Å². The molecule has 0 radical (unpaired) electrons. The summed E-state index contributed by atoms with van der Waals surface area (Å²) in [5, 5.41) is 3.53. The molecule has 0 saturated heterocycles. The van der Waals surface area contributed by atoms with Gasteiger partial charge in [-0.2, -0.15) is 0 Å². The summed E-state index contributed by atoms with van der Waals surface area (Å²) in [6.45, 7) is 8.01. The van der Waals surface area contributed by atoms with Crippen molar-refractivity contribution in [3.05, 3.63) is 29.8 Å². The van der Waals surface area contributed by atoms with E-state index in [2.05, 4.69) is 26.1 Å². The van der Waals surface area contributed by atoms with Crippen LogP contribution in [0, 0.1) is 0 Å². The third kappa shape index (κ3) is 6.08. The molecule has 0 heterocycles. The van der Waals surface area contributed by atoms with Gasteiger partial charge >= 0.3 is 0 Å². The van der Waals surface area contributed by atoms with E-state index in [1.165, 1.54) is 0 Å². The van der Waals surface area contributed by atoms with Crippen LogP contribution in [0.1, 0.15) is 39.2 Å². The maximum Gasteiger partial charge on any atom is 0.120 e. The fourth-order valence-corrected chi connectivity index (χ4v) is 2.06. The summed E-state index contributed by atoms with van der Waals surface area (Å²) in [6.07, 6.45) is 2.48. The Balaban J connectivity index is 2.43. The number of hydrogen-bond donors (Lipinski definition) is 1. The smallest absolute Gasteiger partial charge is 0.120 e. The second kappa shape index (κ2) is 8.94. The van der Waals surface area contributed by atoms with Crippen LogP contribution in [0.3, 0.4) is 0 Å². The first kappa shape index (κ1) is 16.0. The standard InChI is InChI=1S/C16H27NO2/c1-5-15(6-2)17-11-13(3)19-16-9-7-8-14(10-16)12-18-4/h7-10,13,15,17H,5-6,11-12H2,1-4H3. The minimum atomic E-state index is 0.165. The van der Waals surface area contributed by atoms with Crippen LogP contribution in [-0.4, -0.2) is 25.8 Å². The fraction of sp³-hybridized carbons (Fsp3) is 0.625. The molecule has 0 saturated carbocycles. The Hall–Kier alpha value is -1.06. The molecule has 0 aliphatic rings. The highest BCUT2D eigenvalue weighted by molar-refractivity contribution is 5.28. The molecule has 0 bridgehead atoms. The van der Waals surface area contributed by atoms with Gasteiger partial charge in [-0.05, 0) is 37.5 Å². The fourth-order valence-electron chi connectivity index (χ4n) is 2.06.